The molecule has 1 saturated carbocycles. The van der Waals surface area contributed by atoms with Gasteiger partial charge in [0, 0.05) is 17.8 Å². The molecule has 176 valence electrons. The molecule has 0 spiro atoms. The van der Waals surface area contributed by atoms with Crippen LogP contribution in [0.5, 0.6) is 11.5 Å². The summed E-state index contributed by atoms with van der Waals surface area (Å²) in [4.78, 5) is 32.4. The molecule has 4 rings (SSSR count). The van der Waals surface area contributed by atoms with Crippen LogP contribution < -0.4 is 14.8 Å². The number of allylic oxidation sites excluding steroid dienone is 1. The van der Waals surface area contributed by atoms with Crippen molar-refractivity contribution in [1.29, 1.82) is 0 Å². The summed E-state index contributed by atoms with van der Waals surface area (Å²) in [6.45, 7) is 4.53. The van der Waals surface area contributed by atoms with Gasteiger partial charge in [-0.1, -0.05) is 11.8 Å². The van der Waals surface area contributed by atoms with Crippen molar-refractivity contribution in [2.24, 2.45) is 10.9 Å². The van der Waals surface area contributed by atoms with Gasteiger partial charge in [-0.25, -0.2) is 9.79 Å². The summed E-state index contributed by atoms with van der Waals surface area (Å²) < 4.78 is 16.5. The summed E-state index contributed by atoms with van der Waals surface area (Å²) in [7, 11) is 3.18. The maximum absolute atomic E-state index is 13.1. The first-order chi connectivity index (χ1) is 16.0. The number of thioether (sulfide) groups is 1. The molecule has 1 aliphatic carbocycles. The van der Waals surface area contributed by atoms with E-state index in [-0.39, 0.29) is 18.9 Å². The summed E-state index contributed by atoms with van der Waals surface area (Å²) in [5.74, 6) is 1.35. The standard InChI is InChI=1S/C24H29N3O5S/c1-5-32-23(29)21-14(2)26-24-27(16(13-33-24)10-20(28)25-12-15-6-7-15)22(21)18-11-17(30-3)8-9-19(18)31-4/h8-9,11,13,15,22H,5-7,10,12H2,1-4H3,(H,25,28)/t22-/m0/s1. The van der Waals surface area contributed by atoms with Crippen LogP contribution in [-0.2, 0) is 14.3 Å². The van der Waals surface area contributed by atoms with Gasteiger partial charge in [0.2, 0.25) is 5.91 Å². The van der Waals surface area contributed by atoms with E-state index in [4.69, 9.17) is 14.2 Å². The van der Waals surface area contributed by atoms with Crippen LogP contribution >= 0.6 is 11.8 Å². The molecular weight excluding hydrogens is 442 g/mol. The van der Waals surface area contributed by atoms with Crippen molar-refractivity contribution >= 4 is 28.8 Å². The number of hydrogen-bond donors (Lipinski definition) is 1. The van der Waals surface area contributed by atoms with E-state index in [9.17, 15) is 9.59 Å². The van der Waals surface area contributed by atoms with E-state index < -0.39 is 12.0 Å². The predicted octanol–water partition coefficient (Wildman–Crippen LogP) is 3.76. The number of carbonyl (C=O) groups excluding carboxylic acids is 2. The molecule has 0 saturated heterocycles. The van der Waals surface area contributed by atoms with Crippen LogP contribution in [0.2, 0.25) is 0 Å². The Labute approximate surface area is 198 Å². The minimum atomic E-state index is -0.570. The minimum absolute atomic E-state index is 0.0460. The van der Waals surface area contributed by atoms with E-state index in [0.717, 1.165) is 11.3 Å². The number of carbonyl (C=O) groups is 2. The average molecular weight is 472 g/mol. The van der Waals surface area contributed by atoms with Crippen LogP contribution in [0.4, 0.5) is 0 Å². The molecule has 0 aromatic heterocycles. The van der Waals surface area contributed by atoms with E-state index in [1.54, 1.807) is 28.1 Å². The monoisotopic (exact) mass is 471 g/mol. The highest BCUT2D eigenvalue weighted by Gasteiger charge is 2.42. The Bertz CT molecular complexity index is 1040. The Morgan fingerprint density at radius 2 is 2.03 bits per heavy atom. The number of rotatable bonds is 9. The van der Waals surface area contributed by atoms with Crippen LogP contribution in [0.3, 0.4) is 0 Å². The van der Waals surface area contributed by atoms with Gasteiger partial charge in [-0.15, -0.1) is 0 Å². The van der Waals surface area contributed by atoms with E-state index in [0.29, 0.717) is 40.4 Å². The predicted molar refractivity (Wildman–Crippen MR) is 127 cm³/mol. The number of nitrogens with one attached hydrogen (secondary N) is 1. The van der Waals surface area contributed by atoms with Crippen LogP contribution in [0.1, 0.15) is 44.7 Å². The number of methoxy groups -OCH3 is 2. The van der Waals surface area contributed by atoms with Crippen molar-refractivity contribution in [2.75, 3.05) is 27.4 Å². The molecule has 3 aliphatic rings. The van der Waals surface area contributed by atoms with E-state index in [1.165, 1.54) is 24.6 Å². The zero-order chi connectivity index (χ0) is 23.5. The Morgan fingerprint density at radius 3 is 2.70 bits per heavy atom. The molecule has 1 aromatic rings. The average Bonchev–Trinajstić information content (AvgIpc) is 3.57. The molecule has 0 radical (unpaired) electrons. The minimum Gasteiger partial charge on any atom is -0.497 e. The summed E-state index contributed by atoms with van der Waals surface area (Å²) in [5.41, 5.74) is 2.50. The number of amides is 1. The third kappa shape index (κ3) is 4.88. The fraction of sp³-hybridized carbons (Fsp3) is 0.458. The number of ether oxygens (including phenoxy) is 3. The Balaban J connectivity index is 1.74. The molecule has 2 heterocycles. The van der Waals surface area contributed by atoms with Crippen molar-refractivity contribution in [3.63, 3.8) is 0 Å². The van der Waals surface area contributed by atoms with Gasteiger partial charge >= 0.3 is 5.97 Å². The molecule has 8 nitrogen and oxygen atoms in total. The van der Waals surface area contributed by atoms with Gasteiger partial charge in [0.25, 0.3) is 0 Å². The Morgan fingerprint density at radius 1 is 1.24 bits per heavy atom. The zero-order valence-corrected chi connectivity index (χ0v) is 20.2. The molecule has 0 bridgehead atoms. The Hall–Kier alpha value is -2.94. The molecule has 1 amide bonds. The number of hydrogen-bond acceptors (Lipinski definition) is 8. The van der Waals surface area contributed by atoms with E-state index in [1.807, 2.05) is 28.5 Å². The molecule has 2 aliphatic heterocycles. The SMILES string of the molecule is CCOC(=O)C1=C(C)N=C2SC=C(CC(=O)NCC3CC3)N2[C@H]1c1cc(OC)ccc1OC. The normalized spacial score (nSPS) is 19.5. The molecular formula is C24H29N3O5S. The van der Waals surface area contributed by atoms with Crippen LogP contribution in [0.25, 0.3) is 0 Å². The number of aliphatic imine (C=N–C) groups is 1. The Kier molecular flexibility index (Phi) is 6.97. The quantitative estimate of drug-likeness (QED) is 0.549. The van der Waals surface area contributed by atoms with Gasteiger partial charge in [-0.05, 0) is 56.2 Å². The number of esters is 1. The van der Waals surface area contributed by atoms with Gasteiger partial charge in [-0.2, -0.15) is 0 Å². The second-order valence-electron chi connectivity index (χ2n) is 8.15. The number of fused-ring (bicyclic) bond motifs is 1. The summed E-state index contributed by atoms with van der Waals surface area (Å²) in [6, 6.07) is 4.90. The number of nitrogens with zero attached hydrogens (tertiary/aromatic N) is 2. The fourth-order valence-electron chi connectivity index (χ4n) is 3.99. The van der Waals surface area contributed by atoms with Crippen molar-refractivity contribution < 1.29 is 23.8 Å². The first kappa shape index (κ1) is 23.2. The highest BCUT2D eigenvalue weighted by molar-refractivity contribution is 8.16. The molecule has 0 unspecified atom stereocenters. The largest absolute Gasteiger partial charge is 0.497 e. The molecule has 1 aromatic carbocycles. The molecule has 1 fully saturated rings. The van der Waals surface area contributed by atoms with Gasteiger partial charge in [0.15, 0.2) is 5.17 Å². The lowest BCUT2D eigenvalue weighted by Crippen LogP contribution is -2.38. The fourth-order valence-corrected chi connectivity index (χ4v) is 4.96. The van der Waals surface area contributed by atoms with Crippen molar-refractivity contribution in [3.05, 3.63) is 46.1 Å². The highest BCUT2D eigenvalue weighted by Crippen LogP contribution is 2.47. The van der Waals surface area contributed by atoms with Gasteiger partial charge in [-0.3, -0.25) is 4.79 Å². The lowest BCUT2D eigenvalue weighted by atomic mass is 9.92. The lowest BCUT2D eigenvalue weighted by Gasteiger charge is -2.36. The highest BCUT2D eigenvalue weighted by atomic mass is 32.2. The van der Waals surface area contributed by atoms with Crippen molar-refractivity contribution in [2.45, 2.75) is 39.2 Å². The van der Waals surface area contributed by atoms with Gasteiger partial charge in [0.1, 0.15) is 11.5 Å². The summed E-state index contributed by atoms with van der Waals surface area (Å²) in [6.07, 6.45) is 2.54. The van der Waals surface area contributed by atoms with Crippen LogP contribution in [0.15, 0.2) is 45.6 Å². The number of amidine groups is 1. The van der Waals surface area contributed by atoms with Gasteiger partial charge in [0.05, 0.1) is 44.6 Å². The summed E-state index contributed by atoms with van der Waals surface area (Å²) in [5, 5.41) is 5.66. The molecule has 1 atom stereocenters. The maximum Gasteiger partial charge on any atom is 0.338 e. The maximum atomic E-state index is 13.1. The first-order valence-electron chi connectivity index (χ1n) is 11.1. The molecule has 9 heteroatoms. The van der Waals surface area contributed by atoms with Gasteiger partial charge < -0.3 is 24.4 Å². The van der Waals surface area contributed by atoms with Crippen molar-refractivity contribution in [3.8, 4) is 11.5 Å². The van der Waals surface area contributed by atoms with E-state index >= 15 is 0 Å². The smallest absolute Gasteiger partial charge is 0.338 e. The lowest BCUT2D eigenvalue weighted by molar-refractivity contribution is -0.139. The second-order valence-corrected chi connectivity index (χ2v) is 8.98. The van der Waals surface area contributed by atoms with E-state index in [2.05, 4.69) is 10.3 Å². The third-order valence-corrected chi connectivity index (χ3v) is 6.74. The first-order valence-corrected chi connectivity index (χ1v) is 11.9. The topological polar surface area (TPSA) is 89.5 Å². The molecule has 1 N–H and O–H groups in total. The number of benzene rings is 1. The third-order valence-electron chi connectivity index (χ3n) is 5.85. The van der Waals surface area contributed by atoms with Crippen LogP contribution in [-0.4, -0.2) is 49.3 Å². The van der Waals surface area contributed by atoms with Crippen LogP contribution in [0, 0.1) is 5.92 Å². The molecule has 33 heavy (non-hydrogen) atoms. The zero-order valence-electron chi connectivity index (χ0n) is 19.3. The van der Waals surface area contributed by atoms with Crippen molar-refractivity contribution in [1.82, 2.24) is 10.2 Å². The summed E-state index contributed by atoms with van der Waals surface area (Å²) >= 11 is 1.44. The second kappa shape index (κ2) is 9.91.